The number of hydrogen-bond donors (Lipinski definition) is 2. The molecule has 0 radical (unpaired) electrons. The van der Waals surface area contributed by atoms with Crippen molar-refractivity contribution in [2.24, 2.45) is 5.92 Å². The molecule has 10 nitrogen and oxygen atoms in total. The Morgan fingerprint density at radius 2 is 2.00 bits per heavy atom. The molecule has 1 aliphatic rings. The Morgan fingerprint density at radius 3 is 2.78 bits per heavy atom. The predicted octanol–water partition coefficient (Wildman–Crippen LogP) is 4.33. The van der Waals surface area contributed by atoms with Crippen LogP contribution in [0.4, 0.5) is 25.5 Å². The first-order chi connectivity index (χ1) is 17.4. The summed E-state index contributed by atoms with van der Waals surface area (Å²) in [6.07, 6.45) is 3.34. The van der Waals surface area contributed by atoms with Gasteiger partial charge in [-0.1, -0.05) is 0 Å². The van der Waals surface area contributed by atoms with Crippen molar-refractivity contribution in [3.63, 3.8) is 0 Å². The number of carbonyl (C=O) groups excluding carboxylic acids is 2. The van der Waals surface area contributed by atoms with Crippen molar-refractivity contribution in [1.82, 2.24) is 20.1 Å². The molecule has 36 heavy (non-hydrogen) atoms. The van der Waals surface area contributed by atoms with Crippen molar-refractivity contribution < 1.29 is 23.5 Å². The summed E-state index contributed by atoms with van der Waals surface area (Å²) < 4.78 is 24.6. The maximum Gasteiger partial charge on any atom is 0.412 e. The van der Waals surface area contributed by atoms with Crippen LogP contribution in [0.3, 0.4) is 0 Å². The lowest BCUT2D eigenvalue weighted by atomic mass is 10.0. The number of amides is 3. The van der Waals surface area contributed by atoms with Crippen LogP contribution in [-0.2, 0) is 9.47 Å². The third-order valence-corrected chi connectivity index (χ3v) is 5.97. The lowest BCUT2D eigenvalue weighted by Crippen LogP contribution is -2.33. The molecular formula is C25H27FN6O4. The predicted molar refractivity (Wildman–Crippen MR) is 132 cm³/mol. The van der Waals surface area contributed by atoms with Gasteiger partial charge in [-0.2, -0.15) is 10.2 Å². The fraction of sp³-hybridized carbons (Fsp3) is 0.320. The molecule has 3 aromatic rings. The number of anilines is 2. The minimum atomic E-state index is -0.632. The van der Waals surface area contributed by atoms with E-state index in [9.17, 15) is 14.0 Å². The highest BCUT2D eigenvalue weighted by atomic mass is 19.1. The molecule has 2 N–H and O–H groups in total. The summed E-state index contributed by atoms with van der Waals surface area (Å²) in [6, 6.07) is 7.81. The molecule has 188 valence electrons. The molecular weight excluding hydrogens is 467 g/mol. The third kappa shape index (κ3) is 5.74. The molecule has 3 heterocycles. The van der Waals surface area contributed by atoms with Crippen molar-refractivity contribution >= 4 is 23.6 Å². The van der Waals surface area contributed by atoms with Gasteiger partial charge in [0.05, 0.1) is 31.3 Å². The van der Waals surface area contributed by atoms with E-state index in [0.29, 0.717) is 47.9 Å². The number of nitrogens with one attached hydrogen (secondary N) is 2. The van der Waals surface area contributed by atoms with Crippen LogP contribution in [0.2, 0.25) is 0 Å². The van der Waals surface area contributed by atoms with Crippen LogP contribution in [0.5, 0.6) is 0 Å². The van der Waals surface area contributed by atoms with Crippen molar-refractivity contribution in [2.45, 2.75) is 13.3 Å². The molecule has 0 spiro atoms. The average Bonchev–Trinajstić information content (AvgIpc) is 3.35. The smallest absolute Gasteiger partial charge is 0.412 e. The van der Waals surface area contributed by atoms with Gasteiger partial charge in [0.1, 0.15) is 11.6 Å². The number of likely N-dealkylation sites (tertiary alicyclic amines) is 1. The molecule has 0 unspecified atom stereocenters. The fourth-order valence-electron chi connectivity index (χ4n) is 4.12. The first-order valence-electron chi connectivity index (χ1n) is 11.4. The quantitative estimate of drug-likeness (QED) is 0.524. The highest BCUT2D eigenvalue weighted by Crippen LogP contribution is 2.31. The van der Waals surface area contributed by atoms with Gasteiger partial charge in [-0.3, -0.25) is 5.32 Å². The van der Waals surface area contributed by atoms with Gasteiger partial charge in [-0.05, 0) is 54.8 Å². The van der Waals surface area contributed by atoms with Gasteiger partial charge in [-0.15, -0.1) is 0 Å². The number of ether oxygens (including phenoxy) is 2. The number of carbonyl (C=O) groups is 2. The molecule has 1 fully saturated rings. The lowest BCUT2D eigenvalue weighted by Gasteiger charge is -2.18. The van der Waals surface area contributed by atoms with E-state index in [2.05, 4.69) is 30.6 Å². The van der Waals surface area contributed by atoms with Crippen molar-refractivity contribution in [2.75, 3.05) is 44.5 Å². The summed E-state index contributed by atoms with van der Waals surface area (Å²) >= 11 is 0. The number of benzene rings is 1. The molecule has 4 rings (SSSR count). The van der Waals surface area contributed by atoms with E-state index in [1.807, 2.05) is 0 Å². The van der Waals surface area contributed by atoms with Crippen molar-refractivity contribution in [3.8, 4) is 22.4 Å². The molecule has 1 aliphatic heterocycles. The molecule has 1 saturated heterocycles. The molecule has 0 saturated carbocycles. The Morgan fingerprint density at radius 1 is 1.17 bits per heavy atom. The molecule has 1 aromatic carbocycles. The number of aromatic nitrogens is 3. The van der Waals surface area contributed by atoms with Gasteiger partial charge in [-0.25, -0.2) is 19.0 Å². The highest BCUT2D eigenvalue weighted by Gasteiger charge is 2.27. The Balaban J connectivity index is 1.58. The van der Waals surface area contributed by atoms with Gasteiger partial charge in [0.25, 0.3) is 0 Å². The number of rotatable bonds is 6. The average molecular weight is 495 g/mol. The number of pyridine rings is 1. The SMILES string of the molecule is COC[C@H]1CCN(C(=O)Nc2cc(-c3cc(-c4ccnc(NC(=O)OC)c4)cnn3)c(C)cc2F)C1. The van der Waals surface area contributed by atoms with Gasteiger partial charge in [0.15, 0.2) is 0 Å². The van der Waals surface area contributed by atoms with Crippen LogP contribution in [0.15, 0.2) is 42.7 Å². The normalized spacial score (nSPS) is 15.0. The maximum atomic E-state index is 14.8. The molecule has 2 aromatic heterocycles. The van der Waals surface area contributed by atoms with Crippen LogP contribution in [-0.4, -0.2) is 66.1 Å². The molecule has 3 amide bonds. The number of nitrogens with zero attached hydrogens (tertiary/aromatic N) is 4. The van der Waals surface area contributed by atoms with E-state index in [0.717, 1.165) is 12.0 Å². The van der Waals surface area contributed by atoms with E-state index in [4.69, 9.17) is 4.74 Å². The van der Waals surface area contributed by atoms with Crippen LogP contribution >= 0.6 is 0 Å². The minimum absolute atomic E-state index is 0.0662. The Hall–Kier alpha value is -4.12. The minimum Gasteiger partial charge on any atom is -0.453 e. The van der Waals surface area contributed by atoms with Crippen molar-refractivity contribution in [3.05, 3.63) is 54.1 Å². The summed E-state index contributed by atoms with van der Waals surface area (Å²) in [4.78, 5) is 30.0. The number of halogens is 1. The topological polar surface area (TPSA) is 119 Å². The summed E-state index contributed by atoms with van der Waals surface area (Å²) in [5, 5.41) is 13.5. The zero-order valence-electron chi connectivity index (χ0n) is 20.2. The maximum absolute atomic E-state index is 14.8. The zero-order valence-corrected chi connectivity index (χ0v) is 20.2. The number of urea groups is 1. The van der Waals surface area contributed by atoms with Crippen LogP contribution < -0.4 is 10.6 Å². The van der Waals surface area contributed by atoms with Gasteiger partial charge < -0.3 is 19.7 Å². The second kappa shape index (κ2) is 11.1. The zero-order chi connectivity index (χ0) is 25.7. The van der Waals surface area contributed by atoms with Gasteiger partial charge in [0, 0.05) is 43.4 Å². The molecule has 0 bridgehead atoms. The molecule has 0 aliphatic carbocycles. The van der Waals surface area contributed by atoms with Crippen LogP contribution in [0.1, 0.15) is 12.0 Å². The fourth-order valence-corrected chi connectivity index (χ4v) is 4.12. The monoisotopic (exact) mass is 494 g/mol. The third-order valence-electron chi connectivity index (χ3n) is 5.97. The second-order valence-electron chi connectivity index (χ2n) is 8.51. The first kappa shape index (κ1) is 25.0. The summed E-state index contributed by atoms with van der Waals surface area (Å²) in [6.45, 7) is 3.50. The summed E-state index contributed by atoms with van der Waals surface area (Å²) in [5.41, 5.74) is 3.28. The van der Waals surface area contributed by atoms with Crippen molar-refractivity contribution in [1.29, 1.82) is 0 Å². The van der Waals surface area contributed by atoms with Crippen LogP contribution in [0, 0.1) is 18.7 Å². The molecule has 11 heteroatoms. The first-order valence-corrected chi connectivity index (χ1v) is 11.4. The summed E-state index contributed by atoms with van der Waals surface area (Å²) in [7, 11) is 2.90. The van der Waals surface area contributed by atoms with Gasteiger partial charge >= 0.3 is 12.1 Å². The highest BCUT2D eigenvalue weighted by molar-refractivity contribution is 5.91. The van der Waals surface area contributed by atoms with E-state index >= 15 is 0 Å². The lowest BCUT2D eigenvalue weighted by molar-refractivity contribution is 0.154. The number of hydrogen-bond acceptors (Lipinski definition) is 7. The Bertz CT molecular complexity index is 1270. The van der Waals surface area contributed by atoms with E-state index in [1.54, 1.807) is 55.6 Å². The molecule has 1 atom stereocenters. The van der Waals surface area contributed by atoms with E-state index < -0.39 is 11.9 Å². The van der Waals surface area contributed by atoms with Gasteiger partial charge in [0.2, 0.25) is 0 Å². The van der Waals surface area contributed by atoms with Crippen LogP contribution in [0.25, 0.3) is 22.4 Å². The second-order valence-corrected chi connectivity index (χ2v) is 8.51. The Labute approximate surface area is 207 Å². The number of aryl methyl sites for hydroxylation is 1. The standard InChI is InChI=1S/C25H27FN6O4/c1-15-8-20(26)22(29-24(33)32-7-5-16(13-32)14-35-2)11-19(15)21-9-18(12-28-31-21)17-4-6-27-23(10-17)30-25(34)36-3/h4,6,8-12,16H,5,7,13-14H2,1-3H3,(H,29,33)(H,27,30,34)/t16-/m0/s1. The Kier molecular flexibility index (Phi) is 7.69. The van der Waals surface area contributed by atoms with E-state index in [-0.39, 0.29) is 17.6 Å². The largest absolute Gasteiger partial charge is 0.453 e. The van der Waals surface area contributed by atoms with E-state index in [1.165, 1.54) is 13.2 Å². The number of methoxy groups -OCH3 is 2. The summed E-state index contributed by atoms with van der Waals surface area (Å²) in [5.74, 6) is 0.0537.